The molecule has 0 radical (unpaired) electrons. The van der Waals surface area contributed by atoms with Crippen molar-refractivity contribution in [3.8, 4) is 0 Å². The highest BCUT2D eigenvalue weighted by atomic mass is 32.2. The average Bonchev–Trinajstić information content (AvgIpc) is 2.34. The van der Waals surface area contributed by atoms with Crippen molar-refractivity contribution in [2.75, 3.05) is 11.8 Å². The SMILES string of the molecule is COC(=O)NS(=O)(=O)Nc1cc(C)cc(/C=C/C(=O)O)c1. The van der Waals surface area contributed by atoms with Crippen molar-refractivity contribution in [1.82, 2.24) is 4.72 Å². The van der Waals surface area contributed by atoms with Gasteiger partial charge < -0.3 is 9.84 Å². The number of hydrogen-bond acceptors (Lipinski definition) is 5. The molecule has 21 heavy (non-hydrogen) atoms. The highest BCUT2D eigenvalue weighted by Gasteiger charge is 2.14. The van der Waals surface area contributed by atoms with Crippen LogP contribution < -0.4 is 9.44 Å². The van der Waals surface area contributed by atoms with Crippen LogP contribution in [0.2, 0.25) is 0 Å². The van der Waals surface area contributed by atoms with Gasteiger partial charge in [-0.05, 0) is 36.3 Å². The number of aliphatic carboxylic acids is 1. The third-order valence-electron chi connectivity index (χ3n) is 2.17. The van der Waals surface area contributed by atoms with Crippen molar-refractivity contribution in [3.05, 3.63) is 35.4 Å². The molecule has 0 saturated heterocycles. The molecule has 3 N–H and O–H groups in total. The molecule has 1 aromatic rings. The molecular weight excluding hydrogens is 300 g/mol. The van der Waals surface area contributed by atoms with Crippen molar-refractivity contribution in [3.63, 3.8) is 0 Å². The molecule has 0 aliphatic heterocycles. The van der Waals surface area contributed by atoms with E-state index in [2.05, 4.69) is 9.46 Å². The van der Waals surface area contributed by atoms with Crippen LogP contribution in [0, 0.1) is 6.92 Å². The molecule has 0 aliphatic rings. The lowest BCUT2D eigenvalue weighted by Crippen LogP contribution is -2.35. The zero-order valence-electron chi connectivity index (χ0n) is 11.3. The minimum absolute atomic E-state index is 0.177. The maximum Gasteiger partial charge on any atom is 0.422 e. The fraction of sp³-hybridized carbons (Fsp3) is 0.167. The van der Waals surface area contributed by atoms with E-state index in [0.717, 1.165) is 13.2 Å². The molecule has 1 aromatic carbocycles. The number of anilines is 1. The van der Waals surface area contributed by atoms with Gasteiger partial charge in [-0.15, -0.1) is 0 Å². The molecule has 0 saturated carbocycles. The fourth-order valence-corrected chi connectivity index (χ4v) is 2.25. The summed E-state index contributed by atoms with van der Waals surface area (Å²) in [6, 6.07) is 4.61. The van der Waals surface area contributed by atoms with Gasteiger partial charge in [-0.3, -0.25) is 4.72 Å². The number of nitrogens with one attached hydrogen (secondary N) is 2. The van der Waals surface area contributed by atoms with Crippen LogP contribution in [0.3, 0.4) is 0 Å². The van der Waals surface area contributed by atoms with Crippen LogP contribution in [0.4, 0.5) is 10.5 Å². The topological polar surface area (TPSA) is 122 Å². The van der Waals surface area contributed by atoms with E-state index in [9.17, 15) is 18.0 Å². The molecule has 0 spiro atoms. The Bertz CT molecular complexity index is 681. The van der Waals surface area contributed by atoms with Crippen LogP contribution >= 0.6 is 0 Å². The zero-order chi connectivity index (χ0) is 16.0. The second-order valence-electron chi connectivity index (χ2n) is 4.00. The number of hydrogen-bond donors (Lipinski definition) is 3. The van der Waals surface area contributed by atoms with Gasteiger partial charge in [0.2, 0.25) is 0 Å². The Labute approximate surface area is 121 Å². The summed E-state index contributed by atoms with van der Waals surface area (Å²) in [5, 5.41) is 8.57. The molecule has 0 fully saturated rings. The second-order valence-corrected chi connectivity index (χ2v) is 5.42. The Morgan fingerprint density at radius 2 is 1.95 bits per heavy atom. The van der Waals surface area contributed by atoms with Crippen molar-refractivity contribution < 1.29 is 27.9 Å². The predicted octanol–water partition coefficient (Wildman–Crippen LogP) is 1.11. The van der Waals surface area contributed by atoms with E-state index in [1.54, 1.807) is 17.7 Å². The summed E-state index contributed by atoms with van der Waals surface area (Å²) in [6.07, 6.45) is 1.13. The molecule has 0 bridgehead atoms. The maximum absolute atomic E-state index is 11.6. The standard InChI is InChI=1S/C12H14N2O6S/c1-8-5-9(3-4-11(15)16)7-10(6-8)13-21(18,19)14-12(17)20-2/h3-7,13H,1-2H3,(H,14,17)(H,15,16)/b4-3+. The van der Waals surface area contributed by atoms with Gasteiger partial charge in [0.25, 0.3) is 0 Å². The third-order valence-corrected chi connectivity index (χ3v) is 3.11. The van der Waals surface area contributed by atoms with E-state index in [4.69, 9.17) is 5.11 Å². The van der Waals surface area contributed by atoms with Crippen LogP contribution in [-0.4, -0.2) is 32.7 Å². The Morgan fingerprint density at radius 3 is 2.52 bits per heavy atom. The highest BCUT2D eigenvalue weighted by Crippen LogP contribution is 2.16. The van der Waals surface area contributed by atoms with Gasteiger partial charge in [0.05, 0.1) is 12.8 Å². The van der Waals surface area contributed by atoms with Crippen LogP contribution in [0.5, 0.6) is 0 Å². The summed E-state index contributed by atoms with van der Waals surface area (Å²) < 4.78 is 31.2. The van der Waals surface area contributed by atoms with Crippen LogP contribution in [0.1, 0.15) is 11.1 Å². The molecule has 0 aromatic heterocycles. The molecule has 1 amide bonds. The van der Waals surface area contributed by atoms with Crippen LogP contribution in [-0.2, 0) is 19.7 Å². The number of methoxy groups -OCH3 is 1. The van der Waals surface area contributed by atoms with Crippen molar-refractivity contribution >= 4 is 34.0 Å². The minimum atomic E-state index is -4.13. The normalized spacial score (nSPS) is 11.1. The number of rotatable bonds is 5. The minimum Gasteiger partial charge on any atom is -0.478 e. The van der Waals surface area contributed by atoms with E-state index in [1.165, 1.54) is 18.2 Å². The zero-order valence-corrected chi connectivity index (χ0v) is 12.1. The molecule has 8 nitrogen and oxygen atoms in total. The number of carbonyl (C=O) groups excluding carboxylic acids is 1. The van der Waals surface area contributed by atoms with E-state index in [0.29, 0.717) is 11.1 Å². The van der Waals surface area contributed by atoms with Crippen LogP contribution in [0.15, 0.2) is 24.3 Å². The lowest BCUT2D eigenvalue weighted by molar-refractivity contribution is -0.131. The van der Waals surface area contributed by atoms with E-state index < -0.39 is 22.3 Å². The van der Waals surface area contributed by atoms with E-state index >= 15 is 0 Å². The monoisotopic (exact) mass is 314 g/mol. The largest absolute Gasteiger partial charge is 0.478 e. The summed E-state index contributed by atoms with van der Waals surface area (Å²) in [5.74, 6) is -1.12. The van der Waals surface area contributed by atoms with Gasteiger partial charge in [0, 0.05) is 6.08 Å². The second kappa shape index (κ2) is 6.75. The Hall–Kier alpha value is -2.55. The first-order valence-electron chi connectivity index (χ1n) is 5.63. The van der Waals surface area contributed by atoms with E-state index in [1.807, 2.05) is 0 Å². The number of carbonyl (C=O) groups is 2. The quantitative estimate of drug-likeness (QED) is 0.700. The summed E-state index contributed by atoms with van der Waals surface area (Å²) >= 11 is 0. The number of amides is 1. The molecular formula is C12H14N2O6S. The van der Waals surface area contributed by atoms with Crippen molar-refractivity contribution in [2.45, 2.75) is 6.92 Å². The van der Waals surface area contributed by atoms with Gasteiger partial charge in [0.15, 0.2) is 0 Å². The molecule has 0 aliphatic carbocycles. The number of aryl methyl sites for hydroxylation is 1. The van der Waals surface area contributed by atoms with Gasteiger partial charge in [-0.1, -0.05) is 6.07 Å². The number of carboxylic acid groups (broad SMARTS) is 1. The lowest BCUT2D eigenvalue weighted by atomic mass is 10.1. The van der Waals surface area contributed by atoms with Crippen molar-refractivity contribution in [1.29, 1.82) is 0 Å². The van der Waals surface area contributed by atoms with E-state index in [-0.39, 0.29) is 5.69 Å². The molecule has 9 heteroatoms. The first kappa shape index (κ1) is 16.5. The molecule has 0 heterocycles. The van der Waals surface area contributed by atoms with Gasteiger partial charge in [-0.25, -0.2) is 14.3 Å². The van der Waals surface area contributed by atoms with Gasteiger partial charge in [0.1, 0.15) is 0 Å². The predicted molar refractivity (Wildman–Crippen MR) is 75.9 cm³/mol. The maximum atomic E-state index is 11.6. The van der Waals surface area contributed by atoms with Crippen molar-refractivity contribution in [2.24, 2.45) is 0 Å². The molecule has 1 rings (SSSR count). The van der Waals surface area contributed by atoms with Gasteiger partial charge in [-0.2, -0.15) is 8.42 Å². The Kier molecular flexibility index (Phi) is 5.30. The number of benzene rings is 1. The lowest BCUT2D eigenvalue weighted by Gasteiger charge is -2.10. The Morgan fingerprint density at radius 1 is 1.29 bits per heavy atom. The summed E-state index contributed by atoms with van der Waals surface area (Å²) in [4.78, 5) is 21.4. The fourth-order valence-electron chi connectivity index (χ4n) is 1.47. The average molecular weight is 314 g/mol. The first-order valence-corrected chi connectivity index (χ1v) is 7.11. The Balaban J connectivity index is 2.98. The van der Waals surface area contributed by atoms with Crippen LogP contribution in [0.25, 0.3) is 6.08 Å². The smallest absolute Gasteiger partial charge is 0.422 e. The highest BCUT2D eigenvalue weighted by molar-refractivity contribution is 7.91. The van der Waals surface area contributed by atoms with Gasteiger partial charge >= 0.3 is 22.3 Å². The summed E-state index contributed by atoms with van der Waals surface area (Å²) in [5.41, 5.74) is 1.38. The number of carboxylic acids is 1. The molecule has 0 unspecified atom stereocenters. The summed E-state index contributed by atoms with van der Waals surface area (Å²) in [7, 11) is -3.09. The first-order chi connectivity index (χ1) is 9.71. The molecule has 0 atom stereocenters. The number of ether oxygens (including phenoxy) is 1. The molecule has 114 valence electrons. The summed E-state index contributed by atoms with van der Waals surface area (Å²) in [6.45, 7) is 1.71. The third kappa shape index (κ3) is 5.95.